The van der Waals surface area contributed by atoms with E-state index >= 15 is 0 Å². The van der Waals surface area contributed by atoms with E-state index in [0.29, 0.717) is 19.7 Å². The maximum Gasteiger partial charge on any atom is 0.317 e. The summed E-state index contributed by atoms with van der Waals surface area (Å²) in [6, 6.07) is 5.90. The van der Waals surface area contributed by atoms with Crippen LogP contribution in [0, 0.1) is 0 Å². The van der Waals surface area contributed by atoms with Gasteiger partial charge in [0, 0.05) is 13.1 Å². The second-order valence-electron chi connectivity index (χ2n) is 5.34. The zero-order valence-electron chi connectivity index (χ0n) is 11.5. The highest BCUT2D eigenvalue weighted by Gasteiger charge is 2.20. The first-order valence-electron chi connectivity index (χ1n) is 7.20. The van der Waals surface area contributed by atoms with Crippen molar-refractivity contribution < 1.29 is 14.6 Å². The number of aliphatic hydroxyl groups is 1. The highest BCUT2D eigenvalue weighted by Crippen LogP contribution is 2.32. The molecule has 0 aromatic heterocycles. The molecule has 1 saturated heterocycles. The van der Waals surface area contributed by atoms with Crippen LogP contribution in [0.3, 0.4) is 0 Å². The van der Waals surface area contributed by atoms with Gasteiger partial charge in [-0.3, -0.25) is 0 Å². The number of amides is 2. The van der Waals surface area contributed by atoms with Gasteiger partial charge in [0.15, 0.2) is 0 Å². The Morgan fingerprint density at radius 1 is 1.45 bits per heavy atom. The molecule has 0 spiro atoms. The SMILES string of the molecule is O=C1NCCN1CCOc1ccc2c(c1)C(O)CCC2. The van der Waals surface area contributed by atoms with Crippen molar-refractivity contribution in [3.05, 3.63) is 29.3 Å². The Hall–Kier alpha value is -1.75. The molecule has 1 aromatic rings. The molecular weight excluding hydrogens is 256 g/mol. The van der Waals surface area contributed by atoms with E-state index < -0.39 is 0 Å². The van der Waals surface area contributed by atoms with Crippen LogP contribution in [0.4, 0.5) is 4.79 Å². The third kappa shape index (κ3) is 2.72. The summed E-state index contributed by atoms with van der Waals surface area (Å²) in [5, 5.41) is 12.8. The number of aryl methyl sites for hydroxylation is 1. The van der Waals surface area contributed by atoms with Gasteiger partial charge in [-0.1, -0.05) is 6.07 Å². The highest BCUT2D eigenvalue weighted by molar-refractivity contribution is 5.76. The number of rotatable bonds is 4. The molecule has 0 bridgehead atoms. The zero-order chi connectivity index (χ0) is 13.9. The summed E-state index contributed by atoms with van der Waals surface area (Å²) in [6.45, 7) is 2.52. The summed E-state index contributed by atoms with van der Waals surface area (Å²) in [5.41, 5.74) is 2.21. The lowest BCUT2D eigenvalue weighted by Gasteiger charge is -2.22. The Bertz CT molecular complexity index is 504. The van der Waals surface area contributed by atoms with Crippen molar-refractivity contribution >= 4 is 6.03 Å². The fourth-order valence-electron chi connectivity index (χ4n) is 2.84. The number of nitrogens with one attached hydrogen (secondary N) is 1. The molecule has 5 nitrogen and oxygen atoms in total. The number of fused-ring (bicyclic) bond motifs is 1. The van der Waals surface area contributed by atoms with Gasteiger partial charge in [0.05, 0.1) is 12.6 Å². The molecule has 108 valence electrons. The van der Waals surface area contributed by atoms with Gasteiger partial charge in [0.2, 0.25) is 0 Å². The van der Waals surface area contributed by atoms with Crippen molar-refractivity contribution in [3.8, 4) is 5.75 Å². The number of hydrogen-bond donors (Lipinski definition) is 2. The quantitative estimate of drug-likeness (QED) is 0.875. The van der Waals surface area contributed by atoms with Gasteiger partial charge < -0.3 is 20.1 Å². The molecule has 20 heavy (non-hydrogen) atoms. The standard InChI is InChI=1S/C15H20N2O3/c18-14-3-1-2-11-4-5-12(10-13(11)14)20-9-8-17-7-6-16-15(17)19/h4-5,10,14,18H,1-3,6-9H2,(H,16,19). The molecule has 1 aliphatic heterocycles. The molecule has 1 aromatic carbocycles. The van der Waals surface area contributed by atoms with Gasteiger partial charge in [-0.2, -0.15) is 0 Å². The Morgan fingerprint density at radius 3 is 3.15 bits per heavy atom. The van der Waals surface area contributed by atoms with Crippen LogP contribution in [-0.2, 0) is 6.42 Å². The number of benzene rings is 1. The molecule has 2 N–H and O–H groups in total. The van der Waals surface area contributed by atoms with E-state index in [4.69, 9.17) is 4.74 Å². The van der Waals surface area contributed by atoms with E-state index in [1.807, 2.05) is 18.2 Å². The minimum absolute atomic E-state index is 0.0190. The van der Waals surface area contributed by atoms with Crippen molar-refractivity contribution in [2.24, 2.45) is 0 Å². The minimum Gasteiger partial charge on any atom is -0.492 e. The third-order valence-corrected chi connectivity index (χ3v) is 3.98. The lowest BCUT2D eigenvalue weighted by atomic mass is 9.89. The lowest BCUT2D eigenvalue weighted by molar-refractivity contribution is 0.156. The summed E-state index contributed by atoms with van der Waals surface area (Å²) < 4.78 is 5.70. The zero-order valence-corrected chi connectivity index (χ0v) is 11.5. The monoisotopic (exact) mass is 276 g/mol. The van der Waals surface area contributed by atoms with Crippen molar-refractivity contribution in [1.82, 2.24) is 10.2 Å². The topological polar surface area (TPSA) is 61.8 Å². The summed E-state index contributed by atoms with van der Waals surface area (Å²) >= 11 is 0. The average molecular weight is 276 g/mol. The molecule has 2 aliphatic rings. The fraction of sp³-hybridized carbons (Fsp3) is 0.533. The van der Waals surface area contributed by atoms with Gasteiger partial charge in [-0.15, -0.1) is 0 Å². The van der Waals surface area contributed by atoms with E-state index in [0.717, 1.165) is 37.1 Å². The summed E-state index contributed by atoms with van der Waals surface area (Å²) in [5.74, 6) is 0.768. The van der Waals surface area contributed by atoms with Gasteiger partial charge in [-0.05, 0) is 42.5 Å². The first kappa shape index (κ1) is 13.2. The average Bonchev–Trinajstić information content (AvgIpc) is 2.85. The third-order valence-electron chi connectivity index (χ3n) is 3.98. The van der Waals surface area contributed by atoms with Crippen LogP contribution >= 0.6 is 0 Å². The van der Waals surface area contributed by atoms with Crippen LogP contribution < -0.4 is 10.1 Å². The predicted octanol–water partition coefficient (Wildman–Crippen LogP) is 1.46. The van der Waals surface area contributed by atoms with Crippen molar-refractivity contribution in [2.45, 2.75) is 25.4 Å². The molecule has 1 aliphatic carbocycles. The smallest absolute Gasteiger partial charge is 0.317 e. The molecule has 1 fully saturated rings. The maximum atomic E-state index is 11.4. The van der Waals surface area contributed by atoms with Crippen molar-refractivity contribution in [3.63, 3.8) is 0 Å². The number of urea groups is 1. The van der Waals surface area contributed by atoms with Crippen LogP contribution in [0.15, 0.2) is 18.2 Å². The molecule has 0 radical (unpaired) electrons. The largest absolute Gasteiger partial charge is 0.492 e. The van der Waals surface area contributed by atoms with E-state index in [1.54, 1.807) is 4.90 Å². The Labute approximate surface area is 118 Å². The normalized spacial score (nSPS) is 21.6. The maximum absolute atomic E-state index is 11.4. The van der Waals surface area contributed by atoms with Crippen molar-refractivity contribution in [2.75, 3.05) is 26.2 Å². The molecule has 1 heterocycles. The highest BCUT2D eigenvalue weighted by atomic mass is 16.5. The second-order valence-corrected chi connectivity index (χ2v) is 5.34. The van der Waals surface area contributed by atoms with E-state index in [9.17, 15) is 9.90 Å². The van der Waals surface area contributed by atoms with Gasteiger partial charge in [0.1, 0.15) is 12.4 Å². The summed E-state index contributed by atoms with van der Waals surface area (Å²) in [7, 11) is 0. The molecule has 0 saturated carbocycles. The number of nitrogens with zero attached hydrogens (tertiary/aromatic N) is 1. The van der Waals surface area contributed by atoms with Gasteiger partial charge >= 0.3 is 6.03 Å². The molecule has 2 amide bonds. The van der Waals surface area contributed by atoms with E-state index in [2.05, 4.69) is 5.32 Å². The Morgan fingerprint density at radius 2 is 2.35 bits per heavy atom. The minimum atomic E-state index is -0.369. The first-order chi connectivity index (χ1) is 9.74. The molecule has 1 atom stereocenters. The van der Waals surface area contributed by atoms with Crippen LogP contribution in [0.1, 0.15) is 30.1 Å². The summed E-state index contributed by atoms with van der Waals surface area (Å²) in [4.78, 5) is 13.1. The summed E-state index contributed by atoms with van der Waals surface area (Å²) in [6.07, 6.45) is 2.52. The second kappa shape index (κ2) is 5.71. The Kier molecular flexibility index (Phi) is 3.78. The number of carbonyl (C=O) groups excluding carboxylic acids is 1. The number of ether oxygens (including phenoxy) is 1. The van der Waals surface area contributed by atoms with E-state index in [1.165, 1.54) is 5.56 Å². The Balaban J connectivity index is 1.58. The lowest BCUT2D eigenvalue weighted by Crippen LogP contribution is -2.31. The fourth-order valence-corrected chi connectivity index (χ4v) is 2.84. The van der Waals surface area contributed by atoms with E-state index in [-0.39, 0.29) is 12.1 Å². The number of carbonyl (C=O) groups is 1. The molecule has 1 unspecified atom stereocenters. The molecule has 3 rings (SSSR count). The molecular formula is C15H20N2O3. The first-order valence-corrected chi connectivity index (χ1v) is 7.20. The van der Waals surface area contributed by atoms with Crippen molar-refractivity contribution in [1.29, 1.82) is 0 Å². The van der Waals surface area contributed by atoms with Crippen LogP contribution in [0.25, 0.3) is 0 Å². The van der Waals surface area contributed by atoms with Crippen LogP contribution in [-0.4, -0.2) is 42.3 Å². The van der Waals surface area contributed by atoms with Gasteiger partial charge in [0.25, 0.3) is 0 Å². The van der Waals surface area contributed by atoms with Crippen LogP contribution in [0.5, 0.6) is 5.75 Å². The van der Waals surface area contributed by atoms with Gasteiger partial charge in [-0.25, -0.2) is 4.79 Å². The predicted molar refractivity (Wildman–Crippen MR) is 74.8 cm³/mol. The van der Waals surface area contributed by atoms with Crippen LogP contribution in [0.2, 0.25) is 0 Å². The molecule has 5 heteroatoms. The number of hydrogen-bond acceptors (Lipinski definition) is 3. The number of aliphatic hydroxyl groups excluding tert-OH is 1.